The van der Waals surface area contributed by atoms with Crippen LogP contribution in [0.25, 0.3) is 22.3 Å². The lowest BCUT2D eigenvalue weighted by Gasteiger charge is -2.43. The van der Waals surface area contributed by atoms with Crippen LogP contribution in [0, 0.1) is 0 Å². The van der Waals surface area contributed by atoms with E-state index in [1.165, 1.54) is 31.2 Å². The number of benzene rings is 2. The molecule has 216 valence electrons. The third-order valence-electron chi connectivity index (χ3n) is 6.83. The highest BCUT2D eigenvalue weighted by molar-refractivity contribution is 5.88. The number of ether oxygens (including phenoxy) is 4. The second-order valence-corrected chi connectivity index (χ2v) is 9.63. The summed E-state index contributed by atoms with van der Waals surface area (Å²) in [5.41, 5.74) is -0.810. The maximum Gasteiger partial charge on any atom is 0.239 e. The normalized spacial score (nSPS) is 32.7. The molecule has 3 aromatic rings. The van der Waals surface area contributed by atoms with Crippen LogP contribution in [-0.4, -0.2) is 103 Å². The van der Waals surface area contributed by atoms with Crippen molar-refractivity contribution in [1.82, 2.24) is 0 Å². The molecule has 0 spiro atoms. The summed E-state index contributed by atoms with van der Waals surface area (Å²) in [4.78, 5) is 13.4. The highest BCUT2D eigenvalue weighted by atomic mass is 16.7. The fourth-order valence-corrected chi connectivity index (χ4v) is 4.58. The number of aromatic hydroxyl groups is 3. The molecular formula is C26H28O14. The van der Waals surface area contributed by atoms with Crippen molar-refractivity contribution >= 4 is 11.0 Å². The summed E-state index contributed by atoms with van der Waals surface area (Å²) in [6.45, 7) is 1.03. The Morgan fingerprint density at radius 2 is 1.50 bits per heavy atom. The summed E-state index contributed by atoms with van der Waals surface area (Å²) in [5.74, 6) is -1.74. The first-order valence-corrected chi connectivity index (χ1v) is 12.3. The van der Waals surface area contributed by atoms with Crippen molar-refractivity contribution in [3.63, 3.8) is 0 Å². The summed E-state index contributed by atoms with van der Waals surface area (Å²) in [6.07, 6.45) is -13.4. The molecule has 9 unspecified atom stereocenters. The second kappa shape index (κ2) is 10.8. The van der Waals surface area contributed by atoms with Gasteiger partial charge in [0, 0.05) is 17.7 Å². The van der Waals surface area contributed by atoms with E-state index in [0.717, 1.165) is 12.1 Å². The number of fused-ring (bicyclic) bond motifs is 1. The van der Waals surface area contributed by atoms with Gasteiger partial charge in [-0.15, -0.1) is 0 Å². The number of hydrogen-bond acceptors (Lipinski definition) is 14. The zero-order chi connectivity index (χ0) is 28.9. The van der Waals surface area contributed by atoms with Crippen molar-refractivity contribution in [2.24, 2.45) is 0 Å². The van der Waals surface area contributed by atoms with E-state index in [1.54, 1.807) is 0 Å². The second-order valence-electron chi connectivity index (χ2n) is 9.63. The summed E-state index contributed by atoms with van der Waals surface area (Å²) < 4.78 is 27.9. The fourth-order valence-electron chi connectivity index (χ4n) is 4.58. The van der Waals surface area contributed by atoms with E-state index >= 15 is 0 Å². The van der Waals surface area contributed by atoms with Crippen LogP contribution in [0.2, 0.25) is 0 Å². The van der Waals surface area contributed by atoms with Crippen molar-refractivity contribution in [2.45, 2.75) is 62.2 Å². The molecule has 2 aliphatic rings. The van der Waals surface area contributed by atoms with E-state index in [9.17, 15) is 45.6 Å². The Hall–Kier alpha value is -3.47. The quantitative estimate of drug-likeness (QED) is 0.191. The number of aliphatic hydroxyl groups is 5. The maximum absolute atomic E-state index is 13.4. The van der Waals surface area contributed by atoms with Crippen LogP contribution in [0.3, 0.4) is 0 Å². The summed E-state index contributed by atoms with van der Waals surface area (Å²) in [6, 6.07) is 7.50. The lowest BCUT2D eigenvalue weighted by molar-refractivity contribution is -0.333. The van der Waals surface area contributed by atoms with E-state index in [-0.39, 0.29) is 33.8 Å². The molecular weight excluding hydrogens is 536 g/mol. The molecule has 2 saturated heterocycles. The molecule has 2 fully saturated rings. The number of phenolic OH excluding ortho intramolecular Hbond substituents is 3. The van der Waals surface area contributed by atoms with Gasteiger partial charge in [-0.2, -0.15) is 0 Å². The largest absolute Gasteiger partial charge is 0.508 e. The van der Waals surface area contributed by atoms with Crippen molar-refractivity contribution in [3.8, 4) is 34.3 Å². The van der Waals surface area contributed by atoms with Crippen LogP contribution in [0.4, 0.5) is 0 Å². The number of rotatable bonds is 5. The monoisotopic (exact) mass is 564 g/mol. The first-order valence-electron chi connectivity index (χ1n) is 12.3. The standard InChI is InChI=1S/C26H28O14/c1-9-17(30)20(33)22(35)26(37-9)39-15-8-36-25(21(34)18(15)31)40-24-19(32)16-13(29)6-12(28)7-14(16)38-23(24)10-2-4-11(27)5-3-10/h2-7,9,15,17-18,20-22,25-31,33-35H,8H2,1H3. The first kappa shape index (κ1) is 28.1. The molecule has 0 aliphatic carbocycles. The van der Waals surface area contributed by atoms with Gasteiger partial charge in [0.25, 0.3) is 0 Å². The van der Waals surface area contributed by atoms with Crippen molar-refractivity contribution < 1.29 is 64.2 Å². The third-order valence-corrected chi connectivity index (χ3v) is 6.83. The van der Waals surface area contributed by atoms with Gasteiger partial charge in [-0.05, 0) is 31.2 Å². The molecule has 8 N–H and O–H groups in total. The van der Waals surface area contributed by atoms with Gasteiger partial charge in [-0.25, -0.2) is 0 Å². The Morgan fingerprint density at radius 3 is 2.20 bits per heavy atom. The molecule has 9 atom stereocenters. The molecule has 2 aliphatic heterocycles. The third kappa shape index (κ3) is 5.07. The Balaban J connectivity index is 1.43. The summed E-state index contributed by atoms with van der Waals surface area (Å²) in [5, 5.41) is 81.1. The minimum atomic E-state index is -1.82. The van der Waals surface area contributed by atoms with Crippen LogP contribution in [-0.2, 0) is 14.2 Å². The summed E-state index contributed by atoms with van der Waals surface area (Å²) in [7, 11) is 0. The highest BCUT2D eigenvalue weighted by Gasteiger charge is 2.47. The molecule has 1 aromatic heterocycles. The van der Waals surface area contributed by atoms with Gasteiger partial charge >= 0.3 is 0 Å². The Kier molecular flexibility index (Phi) is 7.60. The Bertz CT molecular complexity index is 1420. The van der Waals surface area contributed by atoms with Crippen LogP contribution in [0.1, 0.15) is 6.92 Å². The predicted molar refractivity (Wildman–Crippen MR) is 133 cm³/mol. The minimum Gasteiger partial charge on any atom is -0.508 e. The zero-order valence-corrected chi connectivity index (χ0v) is 20.9. The van der Waals surface area contributed by atoms with Crippen LogP contribution < -0.4 is 10.2 Å². The zero-order valence-electron chi connectivity index (χ0n) is 20.9. The average Bonchev–Trinajstić information content (AvgIpc) is 2.91. The van der Waals surface area contributed by atoms with Crippen molar-refractivity contribution in [3.05, 3.63) is 46.6 Å². The van der Waals surface area contributed by atoms with Crippen LogP contribution in [0.15, 0.2) is 45.6 Å². The molecule has 14 heteroatoms. The van der Waals surface area contributed by atoms with Crippen LogP contribution in [0.5, 0.6) is 23.0 Å². The van der Waals surface area contributed by atoms with Crippen molar-refractivity contribution in [2.75, 3.05) is 6.61 Å². The van der Waals surface area contributed by atoms with Gasteiger partial charge in [0.2, 0.25) is 17.5 Å². The van der Waals surface area contributed by atoms with Crippen molar-refractivity contribution in [1.29, 1.82) is 0 Å². The molecule has 5 rings (SSSR count). The predicted octanol–water partition coefficient (Wildman–Crippen LogP) is -0.754. The Labute approximate surface area is 225 Å². The Morgan fingerprint density at radius 1 is 0.825 bits per heavy atom. The molecule has 14 nitrogen and oxygen atoms in total. The minimum absolute atomic E-state index is 0.0756. The van der Waals surface area contributed by atoms with E-state index in [0.29, 0.717) is 0 Å². The van der Waals surface area contributed by atoms with Gasteiger partial charge < -0.3 is 64.2 Å². The molecule has 3 heterocycles. The molecule has 0 bridgehead atoms. The topological polar surface area (TPSA) is 229 Å². The van der Waals surface area contributed by atoms with E-state index in [2.05, 4.69) is 0 Å². The maximum atomic E-state index is 13.4. The lowest BCUT2D eigenvalue weighted by Crippen LogP contribution is -2.61. The van der Waals surface area contributed by atoms with E-state index < -0.39 is 78.8 Å². The first-order chi connectivity index (χ1) is 19.0. The number of hydrogen-bond donors (Lipinski definition) is 8. The van der Waals surface area contributed by atoms with Gasteiger partial charge in [-0.1, -0.05) is 0 Å². The van der Waals surface area contributed by atoms with Crippen LogP contribution >= 0.6 is 0 Å². The SMILES string of the molecule is CC1OC(OC2COC(Oc3c(-c4ccc(O)cc4)oc4cc(O)cc(O)c4c3=O)C(O)C2O)C(O)C(O)C1O. The van der Waals surface area contributed by atoms with Gasteiger partial charge in [0.15, 0.2) is 12.1 Å². The van der Waals surface area contributed by atoms with E-state index in [4.69, 9.17) is 23.4 Å². The summed E-state index contributed by atoms with van der Waals surface area (Å²) >= 11 is 0. The van der Waals surface area contributed by atoms with E-state index in [1.807, 2.05) is 0 Å². The molecule has 0 saturated carbocycles. The van der Waals surface area contributed by atoms with Gasteiger partial charge in [-0.3, -0.25) is 4.79 Å². The molecule has 0 amide bonds. The van der Waals surface area contributed by atoms with Gasteiger partial charge in [0.1, 0.15) is 64.8 Å². The molecule has 0 radical (unpaired) electrons. The molecule has 40 heavy (non-hydrogen) atoms. The average molecular weight is 564 g/mol. The lowest BCUT2D eigenvalue weighted by atomic mass is 9.99. The number of aliphatic hydroxyl groups excluding tert-OH is 5. The smallest absolute Gasteiger partial charge is 0.239 e. The highest BCUT2D eigenvalue weighted by Crippen LogP contribution is 2.37. The fraction of sp³-hybridized carbons (Fsp3) is 0.423. The van der Waals surface area contributed by atoms with Gasteiger partial charge in [0.05, 0.1) is 12.7 Å². The molecule has 2 aromatic carbocycles. The number of phenols is 3.